The molecule has 4 heteroatoms. The van der Waals surface area contributed by atoms with Crippen LogP contribution in [0.15, 0.2) is 60.7 Å². The summed E-state index contributed by atoms with van der Waals surface area (Å²) in [5.74, 6) is 0.405. The molecule has 140 valence electrons. The van der Waals surface area contributed by atoms with Gasteiger partial charge in [-0.2, -0.15) is 0 Å². The van der Waals surface area contributed by atoms with Crippen molar-refractivity contribution in [3.05, 3.63) is 71.8 Å². The van der Waals surface area contributed by atoms with Gasteiger partial charge in [-0.05, 0) is 23.0 Å². The van der Waals surface area contributed by atoms with Crippen LogP contribution in [0.5, 0.6) is 0 Å². The number of hydrogen-bond donors (Lipinski definition) is 1. The molecule has 0 amide bonds. The van der Waals surface area contributed by atoms with Crippen molar-refractivity contribution in [3.63, 3.8) is 0 Å². The van der Waals surface area contributed by atoms with Crippen LogP contribution in [0.2, 0.25) is 0 Å². The minimum Gasteiger partial charge on any atom is -0.394 e. The second-order valence-electron chi connectivity index (χ2n) is 7.00. The van der Waals surface area contributed by atoms with Crippen molar-refractivity contribution < 1.29 is 19.3 Å². The molecule has 0 saturated carbocycles. The van der Waals surface area contributed by atoms with Crippen LogP contribution in [0.4, 0.5) is 0 Å². The van der Waals surface area contributed by atoms with Crippen LogP contribution in [0.1, 0.15) is 25.0 Å². The molecule has 1 fully saturated rings. The quantitative estimate of drug-likeness (QED) is 0.820. The first-order valence-corrected chi connectivity index (χ1v) is 9.26. The van der Waals surface area contributed by atoms with Crippen molar-refractivity contribution in [1.29, 1.82) is 0 Å². The van der Waals surface area contributed by atoms with Crippen molar-refractivity contribution in [1.82, 2.24) is 0 Å². The molecule has 2 unspecified atom stereocenters. The van der Waals surface area contributed by atoms with E-state index in [1.165, 1.54) is 0 Å². The summed E-state index contributed by atoms with van der Waals surface area (Å²) in [5, 5.41) is 9.66. The van der Waals surface area contributed by atoms with Gasteiger partial charge in [-0.3, -0.25) is 0 Å². The van der Waals surface area contributed by atoms with Crippen LogP contribution in [0.3, 0.4) is 0 Å². The highest BCUT2D eigenvalue weighted by molar-refractivity contribution is 5.14. The predicted octanol–water partition coefficient (Wildman–Crippen LogP) is 3.78. The minimum absolute atomic E-state index is 0.0118. The van der Waals surface area contributed by atoms with Crippen molar-refractivity contribution >= 4 is 0 Å². The van der Waals surface area contributed by atoms with Gasteiger partial charge in [0.05, 0.1) is 25.9 Å². The average Bonchev–Trinajstić information content (AvgIpc) is 2.69. The number of hydrogen-bond acceptors (Lipinski definition) is 4. The van der Waals surface area contributed by atoms with E-state index < -0.39 is 6.29 Å². The SMILES string of the molecule is CC1[C@H](C)C(CO)O[C@@H](OCc2ccccc2)[C@H]1OCc1ccccc1. The molecule has 1 aliphatic rings. The fourth-order valence-electron chi connectivity index (χ4n) is 3.35. The van der Waals surface area contributed by atoms with Crippen molar-refractivity contribution in [2.45, 2.75) is 45.6 Å². The van der Waals surface area contributed by atoms with Gasteiger partial charge in [0.15, 0.2) is 6.29 Å². The van der Waals surface area contributed by atoms with E-state index in [-0.39, 0.29) is 30.7 Å². The largest absolute Gasteiger partial charge is 0.394 e. The Morgan fingerprint density at radius 1 is 0.808 bits per heavy atom. The summed E-state index contributed by atoms with van der Waals surface area (Å²) in [7, 11) is 0. The summed E-state index contributed by atoms with van der Waals surface area (Å²) in [4.78, 5) is 0. The van der Waals surface area contributed by atoms with E-state index in [1.54, 1.807) is 0 Å². The second-order valence-corrected chi connectivity index (χ2v) is 7.00. The summed E-state index contributed by atoms with van der Waals surface area (Å²) >= 11 is 0. The lowest BCUT2D eigenvalue weighted by Crippen LogP contribution is -2.52. The van der Waals surface area contributed by atoms with Gasteiger partial charge in [0.2, 0.25) is 0 Å². The van der Waals surface area contributed by atoms with E-state index in [2.05, 4.69) is 13.8 Å². The van der Waals surface area contributed by atoms with E-state index in [0.29, 0.717) is 13.2 Å². The zero-order valence-electron chi connectivity index (χ0n) is 15.5. The average molecular weight is 356 g/mol. The van der Waals surface area contributed by atoms with Crippen molar-refractivity contribution in [2.24, 2.45) is 11.8 Å². The Bertz CT molecular complexity index is 646. The third-order valence-electron chi connectivity index (χ3n) is 5.23. The highest BCUT2D eigenvalue weighted by atomic mass is 16.7. The van der Waals surface area contributed by atoms with E-state index >= 15 is 0 Å². The van der Waals surface area contributed by atoms with E-state index in [9.17, 15) is 5.11 Å². The van der Waals surface area contributed by atoms with Crippen LogP contribution < -0.4 is 0 Å². The Balaban J connectivity index is 1.68. The van der Waals surface area contributed by atoms with Gasteiger partial charge in [0.25, 0.3) is 0 Å². The van der Waals surface area contributed by atoms with E-state index in [0.717, 1.165) is 11.1 Å². The molecule has 2 aromatic carbocycles. The lowest BCUT2D eigenvalue weighted by molar-refractivity contribution is -0.290. The Hall–Kier alpha value is -1.72. The lowest BCUT2D eigenvalue weighted by atomic mass is 9.83. The third kappa shape index (κ3) is 4.71. The summed E-state index contributed by atoms with van der Waals surface area (Å²) in [6.45, 7) is 5.20. The topological polar surface area (TPSA) is 47.9 Å². The molecule has 4 nitrogen and oxygen atoms in total. The number of benzene rings is 2. The number of aliphatic hydroxyl groups excluding tert-OH is 1. The van der Waals surface area contributed by atoms with Gasteiger partial charge >= 0.3 is 0 Å². The monoisotopic (exact) mass is 356 g/mol. The van der Waals surface area contributed by atoms with E-state index in [1.807, 2.05) is 60.7 Å². The highest BCUT2D eigenvalue weighted by Gasteiger charge is 2.42. The van der Waals surface area contributed by atoms with Gasteiger partial charge in [-0.1, -0.05) is 74.5 Å². The zero-order chi connectivity index (χ0) is 18.4. The molecule has 1 heterocycles. The smallest absolute Gasteiger partial charge is 0.184 e. The first kappa shape index (κ1) is 19.1. The number of aliphatic hydroxyl groups is 1. The standard InChI is InChI=1S/C22H28O4/c1-16-17(2)21(24-14-18-9-5-3-6-10-18)22(26-20(16)13-23)25-15-19-11-7-4-8-12-19/h3-12,16-17,20-23H,13-15H2,1-2H3/t16-,17?,20?,21-,22+/m0/s1. The Labute approximate surface area is 155 Å². The molecule has 1 aliphatic heterocycles. The first-order valence-electron chi connectivity index (χ1n) is 9.26. The molecular formula is C22H28O4. The van der Waals surface area contributed by atoms with Crippen LogP contribution >= 0.6 is 0 Å². The van der Waals surface area contributed by atoms with Gasteiger partial charge in [-0.25, -0.2) is 0 Å². The summed E-state index contributed by atoms with van der Waals surface area (Å²) in [5.41, 5.74) is 2.21. The minimum atomic E-state index is -0.498. The maximum Gasteiger partial charge on any atom is 0.184 e. The third-order valence-corrected chi connectivity index (χ3v) is 5.23. The van der Waals surface area contributed by atoms with Crippen LogP contribution in [0, 0.1) is 11.8 Å². The Morgan fingerprint density at radius 2 is 1.35 bits per heavy atom. The highest BCUT2D eigenvalue weighted by Crippen LogP contribution is 2.34. The number of ether oxygens (including phenoxy) is 3. The normalized spacial score (nSPS) is 28.8. The van der Waals surface area contributed by atoms with Crippen molar-refractivity contribution in [2.75, 3.05) is 6.61 Å². The maximum atomic E-state index is 9.66. The number of rotatable bonds is 7. The molecule has 5 atom stereocenters. The molecule has 1 saturated heterocycles. The molecule has 0 radical (unpaired) electrons. The molecular weight excluding hydrogens is 328 g/mol. The second kappa shape index (κ2) is 9.28. The van der Waals surface area contributed by atoms with Crippen LogP contribution in [-0.4, -0.2) is 30.2 Å². The molecule has 3 rings (SSSR count). The molecule has 0 spiro atoms. The van der Waals surface area contributed by atoms with E-state index in [4.69, 9.17) is 14.2 Å². The molecule has 0 aromatic heterocycles. The molecule has 1 N–H and O–H groups in total. The predicted molar refractivity (Wildman–Crippen MR) is 100 cm³/mol. The summed E-state index contributed by atoms with van der Waals surface area (Å²) < 4.78 is 18.3. The molecule has 2 aromatic rings. The fourth-order valence-corrected chi connectivity index (χ4v) is 3.35. The van der Waals surface area contributed by atoms with Gasteiger partial charge in [0.1, 0.15) is 6.10 Å². The summed E-state index contributed by atoms with van der Waals surface area (Å²) in [6, 6.07) is 20.1. The zero-order valence-corrected chi connectivity index (χ0v) is 15.5. The first-order chi connectivity index (χ1) is 12.7. The molecule has 26 heavy (non-hydrogen) atoms. The Morgan fingerprint density at radius 3 is 1.88 bits per heavy atom. The van der Waals surface area contributed by atoms with Crippen LogP contribution in [0.25, 0.3) is 0 Å². The maximum absolute atomic E-state index is 9.66. The summed E-state index contributed by atoms with van der Waals surface area (Å²) in [6.07, 6.45) is -0.915. The van der Waals surface area contributed by atoms with Crippen molar-refractivity contribution in [3.8, 4) is 0 Å². The fraction of sp³-hybridized carbons (Fsp3) is 0.455. The van der Waals surface area contributed by atoms with Gasteiger partial charge < -0.3 is 19.3 Å². The molecule has 0 bridgehead atoms. The van der Waals surface area contributed by atoms with Crippen LogP contribution in [-0.2, 0) is 27.4 Å². The van der Waals surface area contributed by atoms with Gasteiger partial charge in [-0.15, -0.1) is 0 Å². The van der Waals surface area contributed by atoms with Gasteiger partial charge in [0, 0.05) is 0 Å². The Kier molecular flexibility index (Phi) is 6.80. The lowest BCUT2D eigenvalue weighted by Gasteiger charge is -2.43. The molecule has 0 aliphatic carbocycles.